The molecule has 4 rings (SSSR count). The Morgan fingerprint density at radius 2 is 2.17 bits per heavy atom. The smallest absolute Gasteiger partial charge is 0.274 e. The molecule has 4 heterocycles. The fourth-order valence-corrected chi connectivity index (χ4v) is 2.90. The highest BCUT2D eigenvalue weighted by Crippen LogP contribution is 2.21. The van der Waals surface area contributed by atoms with E-state index in [1.54, 1.807) is 23.4 Å². The summed E-state index contributed by atoms with van der Waals surface area (Å²) in [6.07, 6.45) is 7.78. The molecule has 1 aliphatic heterocycles. The van der Waals surface area contributed by atoms with E-state index in [0.717, 1.165) is 12.1 Å². The number of halogens is 1. The number of carbonyl (C=O) groups is 1. The standard InChI is InChI=1S/C17H14ClN5O/c18-13-10-20-16-9-15(21-23(16)11-13)17(24)22-7-4-12(5-8-22)14-3-1-2-6-19-14/h1-4,6,9-11H,5,7-8H2. The molecule has 0 aliphatic carbocycles. The molecule has 1 aliphatic rings. The Balaban J connectivity index is 1.54. The van der Waals surface area contributed by atoms with Crippen molar-refractivity contribution in [2.45, 2.75) is 6.42 Å². The van der Waals surface area contributed by atoms with E-state index < -0.39 is 0 Å². The molecule has 0 N–H and O–H groups in total. The van der Waals surface area contributed by atoms with Crippen LogP contribution in [0.3, 0.4) is 0 Å². The first-order chi connectivity index (χ1) is 11.7. The van der Waals surface area contributed by atoms with E-state index in [2.05, 4.69) is 21.1 Å². The van der Waals surface area contributed by atoms with Crippen LogP contribution in [-0.2, 0) is 0 Å². The lowest BCUT2D eigenvalue weighted by Gasteiger charge is -2.25. The topological polar surface area (TPSA) is 63.4 Å². The van der Waals surface area contributed by atoms with Gasteiger partial charge in [-0.05, 0) is 24.1 Å². The molecule has 120 valence electrons. The van der Waals surface area contributed by atoms with Gasteiger partial charge >= 0.3 is 0 Å². The van der Waals surface area contributed by atoms with Crippen molar-refractivity contribution < 1.29 is 4.79 Å². The summed E-state index contributed by atoms with van der Waals surface area (Å²) in [6.45, 7) is 1.19. The molecule has 3 aromatic heterocycles. The number of fused-ring (bicyclic) bond motifs is 1. The average molecular weight is 340 g/mol. The Morgan fingerprint density at radius 1 is 1.25 bits per heavy atom. The Morgan fingerprint density at radius 3 is 2.92 bits per heavy atom. The normalized spacial score (nSPS) is 14.7. The van der Waals surface area contributed by atoms with Crippen LogP contribution in [0.1, 0.15) is 22.6 Å². The first-order valence-electron chi connectivity index (χ1n) is 7.61. The third-order valence-corrected chi connectivity index (χ3v) is 4.19. The maximum absolute atomic E-state index is 12.6. The third-order valence-electron chi connectivity index (χ3n) is 3.99. The van der Waals surface area contributed by atoms with Crippen molar-refractivity contribution in [1.29, 1.82) is 0 Å². The molecule has 6 nitrogen and oxygen atoms in total. The average Bonchev–Trinajstić information content (AvgIpc) is 3.05. The zero-order valence-electron chi connectivity index (χ0n) is 12.8. The van der Waals surface area contributed by atoms with Crippen molar-refractivity contribution in [3.8, 4) is 0 Å². The van der Waals surface area contributed by atoms with Gasteiger partial charge in [0.25, 0.3) is 5.91 Å². The van der Waals surface area contributed by atoms with Crippen LogP contribution in [-0.4, -0.2) is 43.5 Å². The summed E-state index contributed by atoms with van der Waals surface area (Å²) in [4.78, 5) is 22.9. The number of amides is 1. The van der Waals surface area contributed by atoms with E-state index in [9.17, 15) is 4.79 Å². The number of pyridine rings is 1. The number of carbonyl (C=O) groups excluding carboxylic acids is 1. The number of hydrogen-bond donors (Lipinski definition) is 0. The number of nitrogens with zero attached hydrogens (tertiary/aromatic N) is 5. The molecule has 7 heteroatoms. The summed E-state index contributed by atoms with van der Waals surface area (Å²) >= 11 is 5.90. The van der Waals surface area contributed by atoms with Gasteiger partial charge in [-0.2, -0.15) is 5.10 Å². The Labute approximate surface area is 143 Å². The van der Waals surface area contributed by atoms with E-state index in [4.69, 9.17) is 11.6 Å². The van der Waals surface area contributed by atoms with Crippen LogP contribution in [0.5, 0.6) is 0 Å². The summed E-state index contributed by atoms with van der Waals surface area (Å²) in [7, 11) is 0. The second-order valence-corrected chi connectivity index (χ2v) is 5.99. The molecule has 0 radical (unpaired) electrons. The van der Waals surface area contributed by atoms with Crippen LogP contribution in [0.2, 0.25) is 5.02 Å². The van der Waals surface area contributed by atoms with Gasteiger partial charge in [0.2, 0.25) is 0 Å². The molecule has 24 heavy (non-hydrogen) atoms. The molecule has 0 saturated heterocycles. The number of rotatable bonds is 2. The number of aromatic nitrogens is 4. The Bertz CT molecular complexity index is 935. The Kier molecular flexibility index (Phi) is 3.74. The molecule has 0 bridgehead atoms. The summed E-state index contributed by atoms with van der Waals surface area (Å²) in [5, 5.41) is 4.75. The predicted molar refractivity (Wildman–Crippen MR) is 90.7 cm³/mol. The van der Waals surface area contributed by atoms with Crippen LogP contribution in [0, 0.1) is 0 Å². The van der Waals surface area contributed by atoms with Crippen molar-refractivity contribution in [3.63, 3.8) is 0 Å². The lowest BCUT2D eigenvalue weighted by Crippen LogP contribution is -2.35. The minimum absolute atomic E-state index is 0.104. The quantitative estimate of drug-likeness (QED) is 0.720. The number of hydrogen-bond acceptors (Lipinski definition) is 4. The van der Waals surface area contributed by atoms with Gasteiger partial charge in [-0.3, -0.25) is 9.78 Å². The van der Waals surface area contributed by atoms with Crippen LogP contribution < -0.4 is 0 Å². The van der Waals surface area contributed by atoms with Gasteiger partial charge < -0.3 is 4.90 Å². The molecule has 0 spiro atoms. The van der Waals surface area contributed by atoms with E-state index in [-0.39, 0.29) is 5.91 Å². The molecule has 0 fully saturated rings. The lowest BCUT2D eigenvalue weighted by molar-refractivity contribution is 0.0766. The molecule has 0 saturated carbocycles. The fourth-order valence-electron chi connectivity index (χ4n) is 2.76. The molecule has 0 unspecified atom stereocenters. The largest absolute Gasteiger partial charge is 0.333 e. The van der Waals surface area contributed by atoms with Crippen LogP contribution in [0.4, 0.5) is 0 Å². The summed E-state index contributed by atoms with van der Waals surface area (Å²) < 4.78 is 1.52. The maximum Gasteiger partial charge on any atom is 0.274 e. The van der Waals surface area contributed by atoms with Crippen LogP contribution in [0.15, 0.2) is 48.9 Å². The summed E-state index contributed by atoms with van der Waals surface area (Å²) in [5.41, 5.74) is 3.11. The minimum atomic E-state index is -0.104. The van der Waals surface area contributed by atoms with E-state index in [0.29, 0.717) is 29.5 Å². The molecular formula is C17H14ClN5O. The van der Waals surface area contributed by atoms with Gasteiger partial charge in [-0.25, -0.2) is 9.50 Å². The van der Waals surface area contributed by atoms with E-state index in [1.807, 2.05) is 18.2 Å². The maximum atomic E-state index is 12.6. The van der Waals surface area contributed by atoms with Crippen molar-refractivity contribution in [2.75, 3.05) is 13.1 Å². The van der Waals surface area contributed by atoms with Crippen molar-refractivity contribution >= 4 is 28.7 Å². The van der Waals surface area contributed by atoms with Gasteiger partial charge in [-0.15, -0.1) is 0 Å². The van der Waals surface area contributed by atoms with Gasteiger partial charge in [0.15, 0.2) is 11.3 Å². The molecule has 0 aromatic carbocycles. The Hall–Kier alpha value is -2.73. The second-order valence-electron chi connectivity index (χ2n) is 5.55. The van der Waals surface area contributed by atoms with Crippen molar-refractivity contribution in [2.24, 2.45) is 0 Å². The highest BCUT2D eigenvalue weighted by Gasteiger charge is 2.22. The van der Waals surface area contributed by atoms with Gasteiger partial charge in [0.1, 0.15) is 0 Å². The molecule has 0 atom stereocenters. The monoisotopic (exact) mass is 339 g/mol. The lowest BCUT2D eigenvalue weighted by atomic mass is 10.0. The third kappa shape index (κ3) is 2.76. The van der Waals surface area contributed by atoms with Gasteiger partial charge in [0, 0.05) is 31.5 Å². The van der Waals surface area contributed by atoms with Crippen LogP contribution >= 0.6 is 11.6 Å². The minimum Gasteiger partial charge on any atom is -0.333 e. The highest BCUT2D eigenvalue weighted by molar-refractivity contribution is 6.30. The van der Waals surface area contributed by atoms with E-state index in [1.165, 1.54) is 16.3 Å². The molecule has 3 aromatic rings. The zero-order valence-corrected chi connectivity index (χ0v) is 13.5. The van der Waals surface area contributed by atoms with E-state index >= 15 is 0 Å². The predicted octanol–water partition coefficient (Wildman–Crippen LogP) is 2.71. The first kappa shape index (κ1) is 14.8. The SMILES string of the molecule is O=C(c1cc2ncc(Cl)cn2n1)N1CC=C(c2ccccn2)CC1. The highest BCUT2D eigenvalue weighted by atomic mass is 35.5. The van der Waals surface area contributed by atoms with Gasteiger partial charge in [0.05, 0.1) is 16.9 Å². The van der Waals surface area contributed by atoms with Crippen molar-refractivity contribution in [3.05, 3.63) is 65.3 Å². The van der Waals surface area contributed by atoms with Gasteiger partial charge in [-0.1, -0.05) is 23.7 Å². The second kappa shape index (κ2) is 6.05. The summed E-state index contributed by atoms with van der Waals surface area (Å²) in [5.74, 6) is -0.104. The zero-order chi connectivity index (χ0) is 16.5. The first-order valence-corrected chi connectivity index (χ1v) is 7.99. The molecular weight excluding hydrogens is 326 g/mol. The molecule has 1 amide bonds. The summed E-state index contributed by atoms with van der Waals surface area (Å²) in [6, 6.07) is 7.53. The fraction of sp³-hybridized carbons (Fsp3) is 0.176. The van der Waals surface area contributed by atoms with Crippen LogP contribution in [0.25, 0.3) is 11.2 Å². The van der Waals surface area contributed by atoms with Crippen molar-refractivity contribution in [1.82, 2.24) is 24.5 Å².